The predicted octanol–water partition coefficient (Wildman–Crippen LogP) is 4.91. The first kappa shape index (κ1) is 24.4. The van der Waals surface area contributed by atoms with Crippen LogP contribution >= 0.6 is 0 Å². The molecule has 0 spiro atoms. The number of aryl methyl sites for hydroxylation is 1. The normalized spacial score (nSPS) is 14.1. The highest BCUT2D eigenvalue weighted by molar-refractivity contribution is 5.99. The molecule has 2 aromatic carbocycles. The van der Waals surface area contributed by atoms with Crippen LogP contribution < -0.4 is 10.6 Å². The van der Waals surface area contributed by atoms with Crippen molar-refractivity contribution in [3.63, 3.8) is 0 Å². The van der Waals surface area contributed by atoms with Crippen molar-refractivity contribution in [3.05, 3.63) is 89.0 Å². The Kier molecular flexibility index (Phi) is 6.84. The zero-order valence-electron chi connectivity index (χ0n) is 20.2. The van der Waals surface area contributed by atoms with Crippen LogP contribution in [0.4, 0.5) is 20.3 Å². The molecule has 0 saturated carbocycles. The molecule has 1 fully saturated rings. The lowest BCUT2D eigenvalue weighted by molar-refractivity contribution is 0.1000. The number of amides is 1. The van der Waals surface area contributed by atoms with E-state index < -0.39 is 17.5 Å². The van der Waals surface area contributed by atoms with E-state index in [9.17, 15) is 13.6 Å². The summed E-state index contributed by atoms with van der Waals surface area (Å²) in [5.41, 5.74) is 9.29. The van der Waals surface area contributed by atoms with Crippen molar-refractivity contribution in [1.29, 1.82) is 0 Å². The van der Waals surface area contributed by atoms with Crippen molar-refractivity contribution in [2.45, 2.75) is 12.8 Å². The number of fused-ring (bicyclic) bond motifs is 1. The number of halogens is 2. The molecule has 0 atom stereocenters. The van der Waals surface area contributed by atoms with Gasteiger partial charge in [0.25, 0.3) is 5.91 Å². The molecule has 1 amide bonds. The van der Waals surface area contributed by atoms with E-state index >= 15 is 0 Å². The number of aromatic nitrogens is 2. The maximum absolute atomic E-state index is 14.3. The Morgan fingerprint density at radius 1 is 1.11 bits per heavy atom. The van der Waals surface area contributed by atoms with Gasteiger partial charge in [0.2, 0.25) is 0 Å². The highest BCUT2D eigenvalue weighted by Gasteiger charge is 2.23. The fraction of sp³-hybridized carbons (Fsp3) is 0.250. The molecule has 0 radical (unpaired) electrons. The van der Waals surface area contributed by atoms with Gasteiger partial charge in [0, 0.05) is 61.3 Å². The minimum Gasteiger partial charge on any atom is -0.365 e. The van der Waals surface area contributed by atoms with E-state index in [1.54, 1.807) is 0 Å². The highest BCUT2D eigenvalue weighted by Crippen LogP contribution is 2.28. The van der Waals surface area contributed by atoms with Crippen LogP contribution in [-0.2, 0) is 6.42 Å². The van der Waals surface area contributed by atoms with Gasteiger partial charge in [-0.3, -0.25) is 9.69 Å². The van der Waals surface area contributed by atoms with Crippen LogP contribution in [0.3, 0.4) is 0 Å². The summed E-state index contributed by atoms with van der Waals surface area (Å²) in [6.07, 6.45) is 5.41. The summed E-state index contributed by atoms with van der Waals surface area (Å²) in [5, 5.41) is 1.10. The van der Waals surface area contributed by atoms with E-state index in [4.69, 9.17) is 12.3 Å². The maximum atomic E-state index is 14.3. The molecular formula is C28H26F2N6O. The Morgan fingerprint density at radius 3 is 2.65 bits per heavy atom. The smallest absolute Gasteiger partial charge is 0.252 e. The van der Waals surface area contributed by atoms with E-state index in [0.717, 1.165) is 49.4 Å². The summed E-state index contributed by atoms with van der Waals surface area (Å²) in [7, 11) is 0. The van der Waals surface area contributed by atoms with Gasteiger partial charge in [0.05, 0.1) is 12.1 Å². The first-order chi connectivity index (χ1) is 17.9. The van der Waals surface area contributed by atoms with Gasteiger partial charge in [-0.25, -0.2) is 18.6 Å². The summed E-state index contributed by atoms with van der Waals surface area (Å²) in [5.74, 6) is -1.56. The van der Waals surface area contributed by atoms with Gasteiger partial charge >= 0.3 is 0 Å². The maximum Gasteiger partial charge on any atom is 0.252 e. The van der Waals surface area contributed by atoms with Crippen LogP contribution in [0.2, 0.25) is 0 Å². The third-order valence-electron chi connectivity index (χ3n) is 6.85. The van der Waals surface area contributed by atoms with E-state index in [1.807, 2.05) is 29.3 Å². The number of benzene rings is 2. The largest absolute Gasteiger partial charge is 0.365 e. The van der Waals surface area contributed by atoms with Crippen molar-refractivity contribution < 1.29 is 13.6 Å². The molecule has 5 rings (SSSR count). The van der Waals surface area contributed by atoms with Gasteiger partial charge in [-0.2, -0.15) is 0 Å². The Morgan fingerprint density at radius 2 is 1.92 bits per heavy atom. The third kappa shape index (κ3) is 5.15. The number of aromatic amines is 1. The summed E-state index contributed by atoms with van der Waals surface area (Å²) in [6.45, 7) is 11.2. The Labute approximate surface area is 213 Å². The number of carbonyl (C=O) groups excluding carboxylic acids is 1. The number of rotatable bonds is 7. The minimum atomic E-state index is -0.724. The molecule has 0 bridgehead atoms. The second-order valence-electron chi connectivity index (χ2n) is 9.17. The predicted molar refractivity (Wildman–Crippen MR) is 140 cm³/mol. The Hall–Kier alpha value is -4.29. The monoisotopic (exact) mass is 500 g/mol. The molecule has 1 saturated heterocycles. The molecule has 37 heavy (non-hydrogen) atoms. The van der Waals surface area contributed by atoms with Gasteiger partial charge in [0.1, 0.15) is 17.5 Å². The number of primary amides is 1. The molecule has 9 heteroatoms. The summed E-state index contributed by atoms with van der Waals surface area (Å²) in [6, 6.07) is 10.5. The number of nitrogens with zero attached hydrogens (tertiary/aromatic N) is 4. The molecule has 1 aliphatic heterocycles. The van der Waals surface area contributed by atoms with Gasteiger partial charge in [0.15, 0.2) is 5.69 Å². The number of hydrogen-bond donors (Lipinski definition) is 2. The van der Waals surface area contributed by atoms with Crippen molar-refractivity contribution in [1.82, 2.24) is 14.9 Å². The van der Waals surface area contributed by atoms with Gasteiger partial charge in [-0.05, 0) is 60.7 Å². The lowest BCUT2D eigenvalue weighted by Gasteiger charge is -2.36. The SMILES string of the molecule is [C-]#[N+]c1ccc2[nH]cc(CCCN3CCN(c4ncc(-c5ccc(F)cc5F)cc4C(N)=O)CC3)c2c1. The molecule has 2 aromatic heterocycles. The number of pyridine rings is 1. The van der Waals surface area contributed by atoms with Gasteiger partial charge in [-0.15, -0.1) is 0 Å². The summed E-state index contributed by atoms with van der Waals surface area (Å²) < 4.78 is 27.6. The lowest BCUT2D eigenvalue weighted by Crippen LogP contribution is -2.47. The van der Waals surface area contributed by atoms with Crippen LogP contribution in [0.25, 0.3) is 26.9 Å². The molecule has 0 unspecified atom stereocenters. The van der Waals surface area contributed by atoms with E-state index in [-0.39, 0.29) is 11.1 Å². The van der Waals surface area contributed by atoms with E-state index in [1.165, 1.54) is 30.0 Å². The molecule has 7 nitrogen and oxygen atoms in total. The number of nitrogens with two attached hydrogens (primary N) is 1. The summed E-state index contributed by atoms with van der Waals surface area (Å²) >= 11 is 0. The number of piperazine rings is 1. The topological polar surface area (TPSA) is 82.6 Å². The third-order valence-corrected chi connectivity index (χ3v) is 6.85. The van der Waals surface area contributed by atoms with Crippen LogP contribution in [0.15, 0.2) is 54.9 Å². The Bertz CT molecular complexity index is 1500. The van der Waals surface area contributed by atoms with Crippen molar-refractivity contribution in [2.75, 3.05) is 37.6 Å². The van der Waals surface area contributed by atoms with Crippen LogP contribution in [-0.4, -0.2) is 53.5 Å². The quantitative estimate of drug-likeness (QED) is 0.353. The molecular weight excluding hydrogens is 474 g/mol. The fourth-order valence-electron chi connectivity index (χ4n) is 4.88. The van der Waals surface area contributed by atoms with Crippen molar-refractivity contribution in [2.24, 2.45) is 5.73 Å². The van der Waals surface area contributed by atoms with Crippen molar-refractivity contribution in [3.8, 4) is 11.1 Å². The first-order valence-electron chi connectivity index (χ1n) is 12.1. The highest BCUT2D eigenvalue weighted by atomic mass is 19.1. The van der Waals surface area contributed by atoms with Gasteiger partial charge in [-0.1, -0.05) is 6.07 Å². The second-order valence-corrected chi connectivity index (χ2v) is 9.17. The minimum absolute atomic E-state index is 0.160. The standard InChI is InChI=1S/C28H26F2N6O/c1-32-21-5-7-26-23(15-21)18(16-33-26)3-2-8-35-9-11-36(12-10-35)28-24(27(31)37)13-19(17-34-28)22-6-4-20(29)14-25(22)30/h4-7,13-17,33H,2-3,8-12H2,(H2,31,37). The average Bonchev–Trinajstić information content (AvgIpc) is 3.31. The molecule has 1 aliphatic rings. The number of anilines is 1. The zero-order valence-corrected chi connectivity index (χ0v) is 20.2. The zero-order chi connectivity index (χ0) is 25.9. The fourth-order valence-corrected chi connectivity index (χ4v) is 4.88. The number of H-pyrrole nitrogens is 1. The van der Waals surface area contributed by atoms with Crippen LogP contribution in [0.5, 0.6) is 0 Å². The van der Waals surface area contributed by atoms with E-state index in [2.05, 4.69) is 19.7 Å². The second kappa shape index (κ2) is 10.4. The van der Waals surface area contributed by atoms with Crippen molar-refractivity contribution >= 4 is 28.3 Å². The Balaban J connectivity index is 1.21. The van der Waals surface area contributed by atoms with Gasteiger partial charge < -0.3 is 15.6 Å². The molecule has 0 aliphatic carbocycles. The number of hydrogen-bond acceptors (Lipinski definition) is 4. The molecule has 3 N–H and O–H groups in total. The molecule has 3 heterocycles. The van der Waals surface area contributed by atoms with E-state index in [0.29, 0.717) is 30.2 Å². The molecule has 188 valence electrons. The first-order valence-corrected chi connectivity index (χ1v) is 12.1. The summed E-state index contributed by atoms with van der Waals surface area (Å²) in [4.78, 5) is 27.9. The van der Waals surface area contributed by atoms with Crippen LogP contribution in [0.1, 0.15) is 22.3 Å². The number of carbonyl (C=O) groups is 1. The average molecular weight is 501 g/mol. The number of nitrogens with one attached hydrogen (secondary N) is 1. The van der Waals surface area contributed by atoms with Crippen LogP contribution in [0, 0.1) is 18.2 Å². The molecule has 4 aromatic rings. The lowest BCUT2D eigenvalue weighted by atomic mass is 10.0.